The van der Waals surface area contributed by atoms with Crippen LogP contribution < -0.4 is 10.6 Å². The van der Waals surface area contributed by atoms with Crippen molar-refractivity contribution in [2.75, 3.05) is 18.2 Å². The Morgan fingerprint density at radius 2 is 1.77 bits per heavy atom. The summed E-state index contributed by atoms with van der Waals surface area (Å²) in [5.41, 5.74) is 2.18. The maximum Gasteiger partial charge on any atom is 0.356 e. The van der Waals surface area contributed by atoms with E-state index < -0.39 is 35.3 Å². The summed E-state index contributed by atoms with van der Waals surface area (Å²) in [6, 6.07) is 17.7. The molecule has 0 bridgehead atoms. The zero-order valence-electron chi connectivity index (χ0n) is 22.8. The predicted octanol–water partition coefficient (Wildman–Crippen LogP) is 4.68. The molecule has 3 amide bonds. The molecule has 1 saturated heterocycles. The third-order valence-electron chi connectivity index (χ3n) is 6.52. The number of hydrogen-bond acceptors (Lipinski definition) is 10. The lowest BCUT2D eigenvalue weighted by atomic mass is 10.0. The highest BCUT2D eigenvalue weighted by Gasteiger charge is 2.54. The third-order valence-corrected chi connectivity index (χ3v) is 9.05. The van der Waals surface area contributed by atoms with Gasteiger partial charge in [-0.05, 0) is 54.6 Å². The second-order valence-corrected chi connectivity index (χ2v) is 13.9. The SMILES string of the molecule is CO/N=C(/C(=O)NC1C(=O)N2C(C(=O)OC(c3ccccc3)c3ccccc3)=C(C=C(Br)Br)CS[C@H]12)c1csc(NC=O)n1. The summed E-state index contributed by atoms with van der Waals surface area (Å²) in [6.07, 6.45) is 1.45. The van der Waals surface area contributed by atoms with Crippen LogP contribution >= 0.6 is 55.0 Å². The number of anilines is 1. The number of halogens is 2. The number of esters is 1. The predicted molar refractivity (Wildman–Crippen MR) is 174 cm³/mol. The van der Waals surface area contributed by atoms with Gasteiger partial charge >= 0.3 is 5.97 Å². The molecular formula is C29H23Br2N5O6S2. The Bertz CT molecular complexity index is 1620. The number of hydrogen-bond donors (Lipinski definition) is 2. The van der Waals surface area contributed by atoms with Crippen LogP contribution in [0.4, 0.5) is 5.13 Å². The van der Waals surface area contributed by atoms with Crippen molar-refractivity contribution in [3.63, 3.8) is 0 Å². The number of nitrogens with zero attached hydrogens (tertiary/aromatic N) is 3. The first-order valence-corrected chi connectivity index (χ1v) is 16.4. The van der Waals surface area contributed by atoms with Crippen molar-refractivity contribution in [2.45, 2.75) is 17.5 Å². The Balaban J connectivity index is 1.41. The molecule has 2 atom stereocenters. The highest BCUT2D eigenvalue weighted by atomic mass is 79.9. The normalized spacial score (nSPS) is 17.8. The molecule has 2 aliphatic rings. The molecule has 0 aliphatic carbocycles. The second kappa shape index (κ2) is 14.3. The molecule has 0 radical (unpaired) electrons. The molecule has 1 aromatic heterocycles. The molecule has 3 aromatic rings. The first-order valence-electron chi connectivity index (χ1n) is 12.9. The standard InChI is InChI=1S/C29H23Br2N5O6S2/c1-41-35-21(19-14-44-29(33-19)32-15-37)25(38)34-22-26(39)36-23(18(12-20(30)31)13-43-27(22)36)28(40)42-24(16-8-4-2-5-9-16)17-10-6-3-7-11-17/h2-12,14-15,22,24,27H,13H2,1H3,(H,34,38)(H,32,33,37)/b35-21+/t22?,27-/m1/s1. The largest absolute Gasteiger partial charge is 0.448 e. The van der Waals surface area contributed by atoms with E-state index in [4.69, 9.17) is 9.57 Å². The van der Waals surface area contributed by atoms with Crippen LogP contribution in [0.2, 0.25) is 0 Å². The molecule has 3 heterocycles. The average molecular weight is 761 g/mol. The van der Waals surface area contributed by atoms with E-state index in [-0.39, 0.29) is 22.2 Å². The van der Waals surface area contributed by atoms with Crippen molar-refractivity contribution in [3.05, 3.63) is 104 Å². The highest BCUT2D eigenvalue weighted by Crippen LogP contribution is 2.42. The van der Waals surface area contributed by atoms with Gasteiger partial charge in [0.05, 0.1) is 3.39 Å². The number of allylic oxidation sites excluding steroid dienone is 1. The lowest BCUT2D eigenvalue weighted by molar-refractivity contribution is -0.154. The third kappa shape index (κ3) is 6.80. The number of carbonyl (C=O) groups excluding carboxylic acids is 4. The van der Waals surface area contributed by atoms with Crippen molar-refractivity contribution in [1.82, 2.24) is 15.2 Å². The number of thiazole rings is 1. The average Bonchev–Trinajstić information content (AvgIpc) is 3.49. The first kappa shape index (κ1) is 31.6. The Morgan fingerprint density at radius 1 is 1.11 bits per heavy atom. The van der Waals surface area contributed by atoms with Crippen molar-refractivity contribution < 1.29 is 28.8 Å². The van der Waals surface area contributed by atoms with Crippen LogP contribution in [-0.2, 0) is 28.8 Å². The molecule has 226 valence electrons. The van der Waals surface area contributed by atoms with Crippen LogP contribution in [0.5, 0.6) is 0 Å². The molecule has 15 heteroatoms. The molecule has 2 aromatic carbocycles. The van der Waals surface area contributed by atoms with Crippen molar-refractivity contribution in [3.8, 4) is 0 Å². The van der Waals surface area contributed by atoms with E-state index in [0.29, 0.717) is 21.1 Å². The summed E-state index contributed by atoms with van der Waals surface area (Å²) in [4.78, 5) is 61.9. The summed E-state index contributed by atoms with van der Waals surface area (Å²) < 4.78 is 6.70. The monoisotopic (exact) mass is 759 g/mol. The van der Waals surface area contributed by atoms with Gasteiger partial charge in [-0.3, -0.25) is 19.3 Å². The Hall–Kier alpha value is -3.79. The summed E-state index contributed by atoms with van der Waals surface area (Å²) in [7, 11) is 1.27. The number of carbonyl (C=O) groups is 4. The maximum atomic E-state index is 13.9. The first-order chi connectivity index (χ1) is 21.3. The number of nitrogens with one attached hydrogen (secondary N) is 2. The van der Waals surface area contributed by atoms with Gasteiger partial charge in [-0.25, -0.2) is 9.78 Å². The molecule has 2 N–H and O–H groups in total. The van der Waals surface area contributed by atoms with E-state index in [0.717, 1.165) is 22.5 Å². The Kier molecular flexibility index (Phi) is 10.3. The van der Waals surface area contributed by atoms with Gasteiger partial charge < -0.3 is 20.2 Å². The van der Waals surface area contributed by atoms with Crippen LogP contribution in [0.25, 0.3) is 0 Å². The minimum atomic E-state index is -0.958. The van der Waals surface area contributed by atoms with Crippen LogP contribution in [0.15, 0.2) is 91.9 Å². The lowest BCUT2D eigenvalue weighted by Gasteiger charge is -2.49. The molecule has 11 nitrogen and oxygen atoms in total. The van der Waals surface area contributed by atoms with Gasteiger partial charge in [0.1, 0.15) is 29.9 Å². The fourth-order valence-electron chi connectivity index (χ4n) is 4.63. The number of β-lactam (4-membered cyclic amide) rings is 1. The Labute approximate surface area is 277 Å². The van der Waals surface area contributed by atoms with Crippen molar-refractivity contribution >= 4 is 90.0 Å². The zero-order valence-corrected chi connectivity index (χ0v) is 27.6. The van der Waals surface area contributed by atoms with Crippen LogP contribution in [0.1, 0.15) is 22.9 Å². The van der Waals surface area contributed by atoms with E-state index in [2.05, 4.69) is 52.6 Å². The van der Waals surface area contributed by atoms with Gasteiger partial charge in [-0.2, -0.15) is 0 Å². The van der Waals surface area contributed by atoms with E-state index in [1.165, 1.54) is 29.2 Å². The van der Waals surface area contributed by atoms with Gasteiger partial charge in [0, 0.05) is 11.1 Å². The lowest BCUT2D eigenvalue weighted by Crippen LogP contribution is -2.71. The van der Waals surface area contributed by atoms with Gasteiger partial charge in [-0.15, -0.1) is 23.1 Å². The quantitative estimate of drug-likeness (QED) is 0.0945. The number of benzene rings is 2. The second-order valence-electron chi connectivity index (χ2n) is 9.20. The number of oxime groups is 1. The topological polar surface area (TPSA) is 139 Å². The van der Waals surface area contributed by atoms with E-state index in [1.54, 1.807) is 6.08 Å². The van der Waals surface area contributed by atoms with Crippen LogP contribution in [0, 0.1) is 0 Å². The number of fused-ring (bicyclic) bond motifs is 1. The molecule has 1 fully saturated rings. The molecule has 44 heavy (non-hydrogen) atoms. The minimum Gasteiger partial charge on any atom is -0.448 e. The number of thioether (sulfide) groups is 1. The summed E-state index contributed by atoms with van der Waals surface area (Å²) in [5, 5.41) is 10.1. The summed E-state index contributed by atoms with van der Waals surface area (Å²) in [5.74, 6) is -1.52. The molecule has 0 spiro atoms. The highest BCUT2D eigenvalue weighted by molar-refractivity contribution is 9.28. The van der Waals surface area contributed by atoms with E-state index in [1.807, 2.05) is 60.7 Å². The van der Waals surface area contributed by atoms with Crippen molar-refractivity contribution in [1.29, 1.82) is 0 Å². The molecule has 2 aliphatic heterocycles. The van der Waals surface area contributed by atoms with Crippen molar-refractivity contribution in [2.24, 2.45) is 5.16 Å². The summed E-state index contributed by atoms with van der Waals surface area (Å²) in [6.45, 7) is 0. The number of aromatic nitrogens is 1. The van der Waals surface area contributed by atoms with Gasteiger partial charge in [0.15, 0.2) is 16.9 Å². The van der Waals surface area contributed by atoms with Crippen LogP contribution in [-0.4, -0.2) is 64.1 Å². The number of ether oxygens (including phenoxy) is 1. The molecule has 5 rings (SSSR count). The fraction of sp³-hybridized carbons (Fsp3) is 0.172. The van der Waals surface area contributed by atoms with E-state index >= 15 is 0 Å². The maximum absolute atomic E-state index is 13.9. The Morgan fingerprint density at radius 3 is 2.36 bits per heavy atom. The number of rotatable bonds is 11. The van der Waals surface area contributed by atoms with E-state index in [9.17, 15) is 19.2 Å². The molecular weight excluding hydrogens is 738 g/mol. The zero-order chi connectivity index (χ0) is 31.2. The fourth-order valence-corrected chi connectivity index (χ4v) is 7.14. The van der Waals surface area contributed by atoms with Gasteiger partial charge in [-0.1, -0.05) is 65.8 Å². The number of amides is 3. The smallest absolute Gasteiger partial charge is 0.356 e. The molecule has 0 saturated carbocycles. The molecule has 1 unspecified atom stereocenters. The van der Waals surface area contributed by atoms with Gasteiger partial charge in [0.2, 0.25) is 6.41 Å². The van der Waals surface area contributed by atoms with Crippen LogP contribution in [0.3, 0.4) is 0 Å². The summed E-state index contributed by atoms with van der Waals surface area (Å²) >= 11 is 9.19. The van der Waals surface area contributed by atoms with Gasteiger partial charge in [0.25, 0.3) is 11.8 Å². The minimum absolute atomic E-state index is 0.0902.